The number of aryl methyl sites for hydroxylation is 1. The molecule has 0 amide bonds. The molecule has 0 N–H and O–H groups in total. The Morgan fingerprint density at radius 1 is 1.23 bits per heavy atom. The summed E-state index contributed by atoms with van der Waals surface area (Å²) in [5.41, 5.74) is 4.49. The van der Waals surface area contributed by atoms with Crippen molar-refractivity contribution in [1.82, 2.24) is 0 Å². The average Bonchev–Trinajstić information content (AvgIpc) is 2.53. The van der Waals surface area contributed by atoms with E-state index in [0.29, 0.717) is 11.3 Å². The Balaban J connectivity index is 2.61. The van der Waals surface area contributed by atoms with Crippen molar-refractivity contribution in [3.05, 3.63) is 52.6 Å². The smallest absolute Gasteiger partial charge is 0.185 e. The summed E-state index contributed by atoms with van der Waals surface area (Å²) in [5, 5.41) is 0.258. The van der Waals surface area contributed by atoms with Gasteiger partial charge < -0.3 is 0 Å². The molecule has 2 nitrogen and oxygen atoms in total. The van der Waals surface area contributed by atoms with E-state index in [9.17, 15) is 8.42 Å². The van der Waals surface area contributed by atoms with Gasteiger partial charge in [-0.1, -0.05) is 64.7 Å². The fourth-order valence-electron chi connectivity index (χ4n) is 4.12. The van der Waals surface area contributed by atoms with Crippen LogP contribution in [0.4, 0.5) is 0 Å². The molecule has 26 heavy (non-hydrogen) atoms. The average molecular weight is 439 g/mol. The number of rotatable bonds is 6. The molecule has 1 aliphatic rings. The van der Waals surface area contributed by atoms with Crippen LogP contribution in [0.5, 0.6) is 0 Å². The first-order valence-electron chi connectivity index (χ1n) is 9.32. The molecule has 0 fully saturated rings. The molecule has 2 rings (SSSR count). The standard InChI is InChI=1S/C22H31BrO2S/c1-16-8-10-19(11-9-16)26(24,25)20(15-17(2)12-14-23)21-18(3)7-6-13-22(21,4)5/h8-12,20H,6-7,13-15H2,1-5H3. The molecule has 1 aliphatic carbocycles. The summed E-state index contributed by atoms with van der Waals surface area (Å²) in [6.45, 7) is 10.5. The van der Waals surface area contributed by atoms with E-state index in [0.717, 1.165) is 41.3 Å². The first-order valence-corrected chi connectivity index (χ1v) is 12.0. The Bertz CT molecular complexity index is 799. The van der Waals surface area contributed by atoms with E-state index in [1.807, 2.05) is 26.0 Å². The molecule has 1 aromatic rings. The van der Waals surface area contributed by atoms with Crippen LogP contribution < -0.4 is 0 Å². The Labute approximate surface area is 167 Å². The number of halogens is 1. The van der Waals surface area contributed by atoms with E-state index in [4.69, 9.17) is 0 Å². The third kappa shape index (κ3) is 4.69. The van der Waals surface area contributed by atoms with E-state index in [2.05, 4.69) is 42.8 Å². The fraction of sp³-hybridized carbons (Fsp3) is 0.545. The molecule has 0 spiro atoms. The summed E-state index contributed by atoms with van der Waals surface area (Å²) in [4.78, 5) is 0.432. The molecule has 0 aromatic heterocycles. The first-order chi connectivity index (χ1) is 12.1. The van der Waals surface area contributed by atoms with Crippen molar-refractivity contribution in [3.63, 3.8) is 0 Å². The fourth-order valence-corrected chi connectivity index (χ4v) is 6.83. The number of hydrogen-bond acceptors (Lipinski definition) is 2. The highest BCUT2D eigenvalue weighted by atomic mass is 79.9. The van der Waals surface area contributed by atoms with Crippen LogP contribution >= 0.6 is 15.9 Å². The zero-order valence-corrected chi connectivity index (χ0v) is 19.0. The summed E-state index contributed by atoms with van der Waals surface area (Å²) < 4.78 is 27.3. The largest absolute Gasteiger partial charge is 0.223 e. The SMILES string of the molecule is CC(=CCBr)CC(C1=C(C)CCCC1(C)C)S(=O)(=O)c1ccc(C)cc1. The second kappa shape index (κ2) is 8.43. The zero-order chi connectivity index (χ0) is 19.5. The van der Waals surface area contributed by atoms with E-state index in [-0.39, 0.29) is 5.41 Å². The van der Waals surface area contributed by atoms with Crippen LogP contribution in [0.1, 0.15) is 58.9 Å². The van der Waals surface area contributed by atoms with Gasteiger partial charge in [-0.05, 0) is 69.6 Å². The second-order valence-corrected chi connectivity index (χ2v) is 11.0. The van der Waals surface area contributed by atoms with Gasteiger partial charge in [0.05, 0.1) is 10.1 Å². The monoisotopic (exact) mass is 438 g/mol. The lowest BCUT2D eigenvalue weighted by Crippen LogP contribution is -2.34. The van der Waals surface area contributed by atoms with Crippen molar-refractivity contribution in [2.45, 2.75) is 70.4 Å². The zero-order valence-electron chi connectivity index (χ0n) is 16.6. The number of benzene rings is 1. The van der Waals surface area contributed by atoms with E-state index in [1.165, 1.54) is 5.57 Å². The van der Waals surface area contributed by atoms with Crippen LogP contribution in [0.25, 0.3) is 0 Å². The molecule has 0 saturated heterocycles. The van der Waals surface area contributed by atoms with Crippen LogP contribution in [0.15, 0.2) is 52.0 Å². The lowest BCUT2D eigenvalue weighted by molar-refractivity contribution is 0.353. The van der Waals surface area contributed by atoms with E-state index in [1.54, 1.807) is 12.1 Å². The van der Waals surface area contributed by atoms with Crippen molar-refractivity contribution in [1.29, 1.82) is 0 Å². The van der Waals surface area contributed by atoms with Gasteiger partial charge in [-0.3, -0.25) is 0 Å². The van der Waals surface area contributed by atoms with Crippen LogP contribution in [-0.4, -0.2) is 19.0 Å². The summed E-state index contributed by atoms with van der Waals surface area (Å²) >= 11 is 3.44. The van der Waals surface area contributed by atoms with Crippen molar-refractivity contribution in [2.24, 2.45) is 5.41 Å². The molecule has 144 valence electrons. The Morgan fingerprint density at radius 3 is 2.38 bits per heavy atom. The van der Waals surface area contributed by atoms with Crippen molar-refractivity contribution >= 4 is 25.8 Å². The maximum atomic E-state index is 13.6. The predicted molar refractivity (Wildman–Crippen MR) is 115 cm³/mol. The minimum absolute atomic E-state index is 0.0839. The molecule has 0 radical (unpaired) electrons. The third-order valence-corrected chi connectivity index (χ3v) is 7.93. The van der Waals surface area contributed by atoms with Gasteiger partial charge in [-0.15, -0.1) is 0 Å². The van der Waals surface area contributed by atoms with Crippen LogP contribution in [0, 0.1) is 12.3 Å². The minimum atomic E-state index is -3.45. The molecular weight excluding hydrogens is 408 g/mol. The predicted octanol–water partition coefficient (Wildman–Crippen LogP) is 6.40. The van der Waals surface area contributed by atoms with Gasteiger partial charge in [-0.25, -0.2) is 8.42 Å². The van der Waals surface area contributed by atoms with Gasteiger partial charge in [0.25, 0.3) is 0 Å². The van der Waals surface area contributed by atoms with Crippen LogP contribution in [0.3, 0.4) is 0 Å². The van der Waals surface area contributed by atoms with Gasteiger partial charge in [0, 0.05) is 5.33 Å². The van der Waals surface area contributed by atoms with E-state index >= 15 is 0 Å². The Kier molecular flexibility index (Phi) is 6.95. The van der Waals surface area contributed by atoms with Gasteiger partial charge in [0.2, 0.25) is 0 Å². The Hall–Kier alpha value is -0.870. The molecule has 0 aliphatic heterocycles. The summed E-state index contributed by atoms with van der Waals surface area (Å²) in [5.74, 6) is 0. The topological polar surface area (TPSA) is 34.1 Å². The molecular formula is C22H31BrO2S. The maximum absolute atomic E-state index is 13.6. The van der Waals surface area contributed by atoms with Crippen molar-refractivity contribution < 1.29 is 8.42 Å². The highest BCUT2D eigenvalue weighted by Crippen LogP contribution is 2.46. The van der Waals surface area contributed by atoms with Gasteiger partial charge in [-0.2, -0.15) is 0 Å². The number of allylic oxidation sites excluding steroid dienone is 3. The van der Waals surface area contributed by atoms with Crippen molar-refractivity contribution in [3.8, 4) is 0 Å². The molecule has 0 heterocycles. The van der Waals surface area contributed by atoms with Gasteiger partial charge in [0.15, 0.2) is 9.84 Å². The number of hydrogen-bond donors (Lipinski definition) is 0. The van der Waals surface area contributed by atoms with Gasteiger partial charge in [0.1, 0.15) is 0 Å². The quantitative estimate of drug-likeness (QED) is 0.380. The van der Waals surface area contributed by atoms with E-state index < -0.39 is 15.1 Å². The summed E-state index contributed by atoms with van der Waals surface area (Å²) in [6, 6.07) is 7.29. The summed E-state index contributed by atoms with van der Waals surface area (Å²) in [7, 11) is -3.45. The lowest BCUT2D eigenvalue weighted by atomic mass is 9.71. The number of sulfone groups is 1. The highest BCUT2D eigenvalue weighted by Gasteiger charge is 2.40. The molecule has 1 atom stereocenters. The maximum Gasteiger partial charge on any atom is 0.185 e. The normalized spacial score (nSPS) is 19.5. The third-order valence-electron chi connectivity index (χ3n) is 5.52. The van der Waals surface area contributed by atoms with Crippen LogP contribution in [0.2, 0.25) is 0 Å². The Morgan fingerprint density at radius 2 is 1.85 bits per heavy atom. The summed E-state index contributed by atoms with van der Waals surface area (Å²) in [6.07, 6.45) is 5.80. The van der Waals surface area contributed by atoms with Gasteiger partial charge >= 0.3 is 0 Å². The molecule has 1 aromatic carbocycles. The molecule has 4 heteroatoms. The van der Waals surface area contributed by atoms with Crippen molar-refractivity contribution in [2.75, 3.05) is 5.33 Å². The van der Waals surface area contributed by atoms with Crippen LogP contribution in [-0.2, 0) is 9.84 Å². The highest BCUT2D eigenvalue weighted by molar-refractivity contribution is 9.09. The molecule has 1 unspecified atom stereocenters. The minimum Gasteiger partial charge on any atom is -0.223 e. The first kappa shape index (κ1) is 21.4. The second-order valence-electron chi connectivity index (χ2n) is 8.19. The molecule has 0 bridgehead atoms. The molecule has 0 saturated carbocycles. The lowest BCUT2D eigenvalue weighted by Gasteiger charge is -2.39. The number of alkyl halides is 1.